The average molecular weight is 286 g/mol. The SMILES string of the molecule is O=C(Cc1c[nH]c2ccccc12)NCC1NC(=O)NC1=O. The maximum absolute atomic E-state index is 11.9. The normalized spacial score (nSPS) is 17.6. The van der Waals surface area contributed by atoms with Gasteiger partial charge >= 0.3 is 6.03 Å². The molecule has 1 aromatic heterocycles. The Hall–Kier alpha value is -2.83. The first-order chi connectivity index (χ1) is 10.1. The van der Waals surface area contributed by atoms with Crippen LogP contribution < -0.4 is 16.0 Å². The second kappa shape index (κ2) is 5.28. The number of imide groups is 1. The highest BCUT2D eigenvalue weighted by molar-refractivity contribution is 6.04. The largest absolute Gasteiger partial charge is 0.361 e. The van der Waals surface area contributed by atoms with Crippen molar-refractivity contribution in [3.63, 3.8) is 0 Å². The van der Waals surface area contributed by atoms with Gasteiger partial charge in [0, 0.05) is 23.6 Å². The summed E-state index contributed by atoms with van der Waals surface area (Å²) in [6.07, 6.45) is 2.01. The van der Waals surface area contributed by atoms with Crippen molar-refractivity contribution < 1.29 is 14.4 Å². The summed E-state index contributed by atoms with van der Waals surface area (Å²) in [7, 11) is 0. The molecular weight excluding hydrogens is 272 g/mol. The summed E-state index contributed by atoms with van der Waals surface area (Å²) in [5.41, 5.74) is 1.87. The number of hydrogen-bond donors (Lipinski definition) is 4. The molecule has 0 aliphatic carbocycles. The number of nitrogens with one attached hydrogen (secondary N) is 4. The lowest BCUT2D eigenvalue weighted by molar-refractivity contribution is -0.121. The fraction of sp³-hybridized carbons (Fsp3) is 0.214. The second-order valence-corrected chi connectivity index (χ2v) is 4.86. The van der Waals surface area contributed by atoms with Gasteiger partial charge in [0.15, 0.2) is 0 Å². The minimum Gasteiger partial charge on any atom is -0.361 e. The zero-order valence-corrected chi connectivity index (χ0v) is 11.1. The minimum absolute atomic E-state index is 0.0821. The Morgan fingerprint density at radius 3 is 2.81 bits per heavy atom. The van der Waals surface area contributed by atoms with E-state index in [9.17, 15) is 14.4 Å². The molecule has 3 rings (SSSR count). The zero-order valence-electron chi connectivity index (χ0n) is 11.1. The van der Waals surface area contributed by atoms with E-state index in [0.717, 1.165) is 16.5 Å². The zero-order chi connectivity index (χ0) is 14.8. The summed E-state index contributed by atoms with van der Waals surface area (Å²) in [6.45, 7) is 0.0821. The maximum atomic E-state index is 11.9. The number of urea groups is 1. The van der Waals surface area contributed by atoms with Crippen LogP contribution in [-0.2, 0) is 16.0 Å². The van der Waals surface area contributed by atoms with E-state index in [1.807, 2.05) is 24.3 Å². The van der Waals surface area contributed by atoms with Crippen LogP contribution in [0.25, 0.3) is 10.9 Å². The summed E-state index contributed by atoms with van der Waals surface area (Å²) in [4.78, 5) is 37.3. The molecule has 4 amide bonds. The van der Waals surface area contributed by atoms with Gasteiger partial charge in [-0.15, -0.1) is 0 Å². The van der Waals surface area contributed by atoms with E-state index < -0.39 is 18.0 Å². The molecule has 2 heterocycles. The van der Waals surface area contributed by atoms with Gasteiger partial charge in [0.25, 0.3) is 5.91 Å². The van der Waals surface area contributed by atoms with Gasteiger partial charge in [-0.1, -0.05) is 18.2 Å². The summed E-state index contributed by atoms with van der Waals surface area (Å²) in [5, 5.41) is 8.19. The first-order valence-electron chi connectivity index (χ1n) is 6.56. The Bertz CT molecular complexity index is 722. The van der Waals surface area contributed by atoms with Gasteiger partial charge in [0.1, 0.15) is 6.04 Å². The fourth-order valence-electron chi connectivity index (χ4n) is 2.33. The lowest BCUT2D eigenvalue weighted by Gasteiger charge is -2.08. The molecule has 108 valence electrons. The van der Waals surface area contributed by atoms with Crippen LogP contribution in [-0.4, -0.2) is 35.4 Å². The van der Waals surface area contributed by atoms with Crippen molar-refractivity contribution in [3.8, 4) is 0 Å². The van der Waals surface area contributed by atoms with E-state index in [1.165, 1.54) is 0 Å². The van der Waals surface area contributed by atoms with Crippen molar-refractivity contribution in [1.82, 2.24) is 20.9 Å². The number of rotatable bonds is 4. The number of H-pyrrole nitrogens is 1. The number of amides is 4. The topological polar surface area (TPSA) is 103 Å². The Labute approximate surface area is 120 Å². The molecule has 1 unspecified atom stereocenters. The van der Waals surface area contributed by atoms with Crippen LogP contribution in [0.15, 0.2) is 30.5 Å². The highest BCUT2D eigenvalue weighted by Gasteiger charge is 2.29. The predicted molar refractivity (Wildman–Crippen MR) is 75.5 cm³/mol. The molecule has 0 saturated carbocycles. The molecule has 1 aliphatic rings. The van der Waals surface area contributed by atoms with Crippen LogP contribution in [0, 0.1) is 0 Å². The Kier molecular flexibility index (Phi) is 3.31. The molecule has 1 saturated heterocycles. The standard InChI is InChI=1S/C14H14N4O3/c19-12(16-7-11-13(20)18-14(21)17-11)5-8-6-15-10-4-2-1-3-9(8)10/h1-4,6,11,15H,5,7H2,(H,16,19)(H2,17,18,20,21). The van der Waals surface area contributed by atoms with Crippen molar-refractivity contribution in [2.24, 2.45) is 0 Å². The van der Waals surface area contributed by atoms with Crippen molar-refractivity contribution in [1.29, 1.82) is 0 Å². The number of carbonyl (C=O) groups is 3. The minimum atomic E-state index is -0.704. The van der Waals surface area contributed by atoms with Crippen LogP contribution in [0.5, 0.6) is 0 Å². The van der Waals surface area contributed by atoms with Crippen molar-refractivity contribution in [3.05, 3.63) is 36.0 Å². The molecule has 0 spiro atoms. The number of aromatic nitrogens is 1. The lowest BCUT2D eigenvalue weighted by atomic mass is 10.1. The molecule has 0 bridgehead atoms. The van der Waals surface area contributed by atoms with Gasteiger partial charge in [-0.25, -0.2) is 4.79 Å². The van der Waals surface area contributed by atoms with E-state index in [1.54, 1.807) is 6.20 Å². The van der Waals surface area contributed by atoms with E-state index >= 15 is 0 Å². The Morgan fingerprint density at radius 1 is 1.24 bits per heavy atom. The second-order valence-electron chi connectivity index (χ2n) is 4.86. The summed E-state index contributed by atoms with van der Waals surface area (Å²) >= 11 is 0. The van der Waals surface area contributed by atoms with Crippen LogP contribution in [0.3, 0.4) is 0 Å². The molecule has 21 heavy (non-hydrogen) atoms. The smallest absolute Gasteiger partial charge is 0.322 e. The molecule has 2 aromatic rings. The number of aromatic amines is 1. The van der Waals surface area contributed by atoms with Gasteiger partial charge in [-0.3, -0.25) is 14.9 Å². The van der Waals surface area contributed by atoms with Crippen molar-refractivity contribution in [2.45, 2.75) is 12.5 Å². The van der Waals surface area contributed by atoms with E-state index in [0.29, 0.717) is 0 Å². The van der Waals surface area contributed by atoms with Gasteiger partial charge < -0.3 is 15.6 Å². The molecular formula is C14H14N4O3. The molecule has 1 fully saturated rings. The van der Waals surface area contributed by atoms with Crippen LogP contribution in [0.2, 0.25) is 0 Å². The van der Waals surface area contributed by atoms with Crippen LogP contribution in [0.4, 0.5) is 4.79 Å². The number of carbonyl (C=O) groups excluding carboxylic acids is 3. The van der Waals surface area contributed by atoms with E-state index in [-0.39, 0.29) is 18.9 Å². The molecule has 4 N–H and O–H groups in total. The Morgan fingerprint density at radius 2 is 2.05 bits per heavy atom. The van der Waals surface area contributed by atoms with E-state index in [2.05, 4.69) is 20.9 Å². The van der Waals surface area contributed by atoms with Crippen LogP contribution in [0.1, 0.15) is 5.56 Å². The molecule has 1 atom stereocenters. The summed E-state index contributed by atoms with van der Waals surface area (Å²) < 4.78 is 0. The quantitative estimate of drug-likeness (QED) is 0.596. The third kappa shape index (κ3) is 2.71. The Balaban J connectivity index is 1.59. The lowest BCUT2D eigenvalue weighted by Crippen LogP contribution is -2.42. The summed E-state index contributed by atoms with van der Waals surface area (Å²) in [6, 6.07) is 6.48. The van der Waals surface area contributed by atoms with E-state index in [4.69, 9.17) is 0 Å². The van der Waals surface area contributed by atoms with Gasteiger partial charge in [-0.2, -0.15) is 0 Å². The van der Waals surface area contributed by atoms with Crippen molar-refractivity contribution >= 4 is 28.7 Å². The average Bonchev–Trinajstić information content (AvgIpc) is 3.00. The van der Waals surface area contributed by atoms with Gasteiger partial charge in [0.05, 0.1) is 6.42 Å². The highest BCUT2D eigenvalue weighted by atomic mass is 16.2. The monoisotopic (exact) mass is 286 g/mol. The fourth-order valence-corrected chi connectivity index (χ4v) is 2.33. The molecule has 1 aliphatic heterocycles. The van der Waals surface area contributed by atoms with Crippen molar-refractivity contribution in [2.75, 3.05) is 6.54 Å². The number of benzene rings is 1. The number of fused-ring (bicyclic) bond motifs is 1. The first kappa shape index (κ1) is 13.2. The molecule has 0 radical (unpaired) electrons. The highest BCUT2D eigenvalue weighted by Crippen LogP contribution is 2.17. The molecule has 7 nitrogen and oxygen atoms in total. The number of para-hydroxylation sites is 1. The molecule has 1 aromatic carbocycles. The predicted octanol–water partition coefficient (Wildman–Crippen LogP) is 0.0346. The maximum Gasteiger partial charge on any atom is 0.322 e. The number of hydrogen-bond acceptors (Lipinski definition) is 3. The first-order valence-corrected chi connectivity index (χ1v) is 6.56. The van der Waals surface area contributed by atoms with Gasteiger partial charge in [-0.05, 0) is 11.6 Å². The summed E-state index contributed by atoms with van der Waals surface area (Å²) in [5.74, 6) is -0.624. The third-order valence-electron chi connectivity index (χ3n) is 3.39. The van der Waals surface area contributed by atoms with Gasteiger partial charge in [0.2, 0.25) is 5.91 Å². The third-order valence-corrected chi connectivity index (χ3v) is 3.39. The molecule has 7 heteroatoms. The van der Waals surface area contributed by atoms with Crippen LogP contribution >= 0.6 is 0 Å².